The minimum atomic E-state index is -0.233. The molecule has 0 bridgehead atoms. The van der Waals surface area contributed by atoms with E-state index in [0.29, 0.717) is 6.42 Å². The van der Waals surface area contributed by atoms with Gasteiger partial charge in [0.15, 0.2) is 0 Å². The van der Waals surface area contributed by atoms with E-state index in [2.05, 4.69) is 9.55 Å². The number of hydrogen-bond acceptors (Lipinski definition) is 2. The highest BCUT2D eigenvalue weighted by Crippen LogP contribution is 2.31. The fourth-order valence-electron chi connectivity index (χ4n) is 3.45. The van der Waals surface area contributed by atoms with Gasteiger partial charge < -0.3 is 9.47 Å². The minimum absolute atomic E-state index is 0.0850. The molecule has 1 atom stereocenters. The lowest BCUT2D eigenvalue weighted by atomic mass is 9.94. The zero-order valence-electron chi connectivity index (χ0n) is 14.1. The Labute approximate surface area is 142 Å². The Kier molecular flexibility index (Phi) is 5.28. The molecule has 0 N–H and O–H groups in total. The van der Waals surface area contributed by atoms with Crippen molar-refractivity contribution >= 4 is 5.91 Å². The van der Waals surface area contributed by atoms with Crippen LogP contribution in [0.25, 0.3) is 0 Å². The van der Waals surface area contributed by atoms with Crippen molar-refractivity contribution in [2.75, 3.05) is 6.54 Å². The fraction of sp³-hybridized carbons (Fsp3) is 0.474. The van der Waals surface area contributed by atoms with Gasteiger partial charge in [0.2, 0.25) is 5.91 Å². The maximum Gasteiger partial charge on any atom is 0.223 e. The van der Waals surface area contributed by atoms with E-state index < -0.39 is 0 Å². The Balaban J connectivity index is 1.61. The van der Waals surface area contributed by atoms with E-state index in [4.69, 9.17) is 0 Å². The van der Waals surface area contributed by atoms with Crippen LogP contribution >= 0.6 is 0 Å². The van der Waals surface area contributed by atoms with Crippen LogP contribution in [0.4, 0.5) is 4.39 Å². The van der Waals surface area contributed by atoms with Crippen molar-refractivity contribution in [3.8, 4) is 0 Å². The molecule has 1 aliphatic rings. The third-order valence-electron chi connectivity index (χ3n) is 4.79. The number of imidazole rings is 1. The van der Waals surface area contributed by atoms with Gasteiger partial charge in [0, 0.05) is 31.9 Å². The minimum Gasteiger partial charge on any atom is -0.336 e. The Hall–Kier alpha value is -2.17. The average Bonchev–Trinajstić information content (AvgIpc) is 3.01. The monoisotopic (exact) mass is 329 g/mol. The molecule has 0 spiro atoms. The summed E-state index contributed by atoms with van der Waals surface area (Å²) in [6.45, 7) is 3.58. The summed E-state index contributed by atoms with van der Waals surface area (Å²) in [6.07, 6.45) is 8.19. The number of aromatic nitrogens is 2. The van der Waals surface area contributed by atoms with E-state index in [1.165, 1.54) is 12.1 Å². The first-order valence-electron chi connectivity index (χ1n) is 8.68. The number of halogens is 1. The number of rotatable bonds is 5. The maximum absolute atomic E-state index is 13.2. The Morgan fingerprint density at radius 3 is 2.79 bits per heavy atom. The number of piperidine rings is 1. The van der Waals surface area contributed by atoms with E-state index in [0.717, 1.165) is 50.2 Å². The van der Waals surface area contributed by atoms with Crippen molar-refractivity contribution in [3.05, 3.63) is 53.9 Å². The number of hydrogen-bond donors (Lipinski definition) is 0. The lowest BCUT2D eigenvalue weighted by Crippen LogP contribution is -2.38. The van der Waals surface area contributed by atoms with Gasteiger partial charge in [0.05, 0.1) is 6.04 Å². The summed E-state index contributed by atoms with van der Waals surface area (Å²) in [5, 5.41) is 0. The van der Waals surface area contributed by atoms with Crippen LogP contribution in [-0.2, 0) is 11.3 Å². The molecule has 128 valence electrons. The van der Waals surface area contributed by atoms with Crippen LogP contribution in [0, 0.1) is 12.7 Å². The molecule has 0 aliphatic carbocycles. The number of amides is 1. The van der Waals surface area contributed by atoms with E-state index in [1.54, 1.807) is 18.3 Å². The zero-order chi connectivity index (χ0) is 16.9. The number of aryl methyl sites for hydroxylation is 2. The van der Waals surface area contributed by atoms with Crippen LogP contribution in [-0.4, -0.2) is 26.9 Å². The van der Waals surface area contributed by atoms with Crippen LogP contribution < -0.4 is 0 Å². The number of benzene rings is 1. The van der Waals surface area contributed by atoms with E-state index in [-0.39, 0.29) is 17.8 Å². The summed E-state index contributed by atoms with van der Waals surface area (Å²) in [7, 11) is 0. The van der Waals surface area contributed by atoms with Crippen molar-refractivity contribution in [1.29, 1.82) is 0 Å². The van der Waals surface area contributed by atoms with Crippen LogP contribution in [0.15, 0.2) is 36.7 Å². The molecule has 3 rings (SSSR count). The normalized spacial score (nSPS) is 17.9. The van der Waals surface area contributed by atoms with Gasteiger partial charge in [-0.25, -0.2) is 9.37 Å². The highest BCUT2D eigenvalue weighted by atomic mass is 19.1. The van der Waals surface area contributed by atoms with Crippen LogP contribution in [0.1, 0.15) is 49.5 Å². The van der Waals surface area contributed by atoms with Gasteiger partial charge in [-0.15, -0.1) is 0 Å². The van der Waals surface area contributed by atoms with Gasteiger partial charge >= 0.3 is 0 Å². The predicted molar refractivity (Wildman–Crippen MR) is 90.9 cm³/mol. The van der Waals surface area contributed by atoms with Gasteiger partial charge in [0.25, 0.3) is 0 Å². The van der Waals surface area contributed by atoms with Crippen molar-refractivity contribution in [2.24, 2.45) is 0 Å². The molecule has 1 saturated heterocycles. The van der Waals surface area contributed by atoms with E-state index >= 15 is 0 Å². The molecular formula is C19H24FN3O. The van der Waals surface area contributed by atoms with Crippen molar-refractivity contribution < 1.29 is 9.18 Å². The zero-order valence-corrected chi connectivity index (χ0v) is 14.1. The Bertz CT molecular complexity index is 680. The second-order valence-electron chi connectivity index (χ2n) is 6.42. The van der Waals surface area contributed by atoms with Gasteiger partial charge in [-0.3, -0.25) is 4.79 Å². The summed E-state index contributed by atoms with van der Waals surface area (Å²) in [4.78, 5) is 18.9. The SMILES string of the molecule is Cc1nccn1CCCC(=O)N1CCCCC1c1ccc(F)cc1. The summed E-state index contributed by atoms with van der Waals surface area (Å²) < 4.78 is 15.2. The molecule has 0 radical (unpaired) electrons. The van der Waals surface area contributed by atoms with Crippen molar-refractivity contribution in [3.63, 3.8) is 0 Å². The fourth-order valence-corrected chi connectivity index (χ4v) is 3.45. The van der Waals surface area contributed by atoms with Crippen LogP contribution in [0.5, 0.6) is 0 Å². The summed E-state index contributed by atoms with van der Waals surface area (Å²) in [6, 6.07) is 6.66. The molecule has 2 aromatic rings. The average molecular weight is 329 g/mol. The van der Waals surface area contributed by atoms with Crippen molar-refractivity contribution in [2.45, 2.75) is 51.6 Å². The summed E-state index contributed by atoms with van der Waals surface area (Å²) in [5.41, 5.74) is 1.04. The number of carbonyl (C=O) groups is 1. The van der Waals surface area contributed by atoms with Crippen LogP contribution in [0.3, 0.4) is 0 Å². The van der Waals surface area contributed by atoms with Crippen molar-refractivity contribution in [1.82, 2.24) is 14.5 Å². The molecule has 1 aromatic heterocycles. The number of likely N-dealkylation sites (tertiary alicyclic amines) is 1. The standard InChI is InChI=1S/C19H24FN3O/c1-15-21-11-14-22(15)12-4-6-19(24)23-13-3-2-5-18(23)16-7-9-17(20)10-8-16/h7-11,14,18H,2-6,12-13H2,1H3. The molecular weight excluding hydrogens is 305 g/mol. The Morgan fingerprint density at radius 2 is 2.08 bits per heavy atom. The Morgan fingerprint density at radius 1 is 1.29 bits per heavy atom. The molecule has 1 fully saturated rings. The highest BCUT2D eigenvalue weighted by molar-refractivity contribution is 5.76. The lowest BCUT2D eigenvalue weighted by Gasteiger charge is -2.36. The molecule has 1 amide bonds. The molecule has 1 aliphatic heterocycles. The molecule has 1 aromatic carbocycles. The quantitative estimate of drug-likeness (QED) is 0.835. The van der Waals surface area contributed by atoms with Gasteiger partial charge in [-0.05, 0) is 50.3 Å². The summed E-state index contributed by atoms with van der Waals surface area (Å²) >= 11 is 0. The van der Waals surface area contributed by atoms with E-state index in [1.807, 2.05) is 18.0 Å². The smallest absolute Gasteiger partial charge is 0.223 e. The molecule has 5 heteroatoms. The van der Waals surface area contributed by atoms with Gasteiger partial charge in [-0.1, -0.05) is 12.1 Å². The molecule has 4 nitrogen and oxygen atoms in total. The molecule has 0 saturated carbocycles. The first kappa shape index (κ1) is 16.7. The lowest BCUT2D eigenvalue weighted by molar-refractivity contribution is -0.135. The van der Waals surface area contributed by atoms with E-state index in [9.17, 15) is 9.18 Å². The first-order valence-corrected chi connectivity index (χ1v) is 8.68. The third-order valence-corrected chi connectivity index (χ3v) is 4.79. The van der Waals surface area contributed by atoms with Gasteiger partial charge in [0.1, 0.15) is 11.6 Å². The van der Waals surface area contributed by atoms with Crippen LogP contribution in [0.2, 0.25) is 0 Å². The summed E-state index contributed by atoms with van der Waals surface area (Å²) in [5.74, 6) is 0.939. The first-order chi connectivity index (χ1) is 11.6. The second-order valence-corrected chi connectivity index (χ2v) is 6.42. The van der Waals surface area contributed by atoms with Gasteiger partial charge in [-0.2, -0.15) is 0 Å². The largest absolute Gasteiger partial charge is 0.336 e. The predicted octanol–water partition coefficient (Wildman–Crippen LogP) is 3.86. The topological polar surface area (TPSA) is 38.1 Å². The maximum atomic E-state index is 13.2. The number of carbonyl (C=O) groups excluding carboxylic acids is 1. The number of nitrogens with zero attached hydrogens (tertiary/aromatic N) is 3. The third kappa shape index (κ3) is 3.83. The molecule has 1 unspecified atom stereocenters. The second kappa shape index (κ2) is 7.60. The molecule has 24 heavy (non-hydrogen) atoms. The molecule has 2 heterocycles. The highest BCUT2D eigenvalue weighted by Gasteiger charge is 2.27.